The number of morpholine rings is 1. The zero-order chi connectivity index (χ0) is 28.5. The summed E-state index contributed by atoms with van der Waals surface area (Å²) in [6.07, 6.45) is -0.746. The molecule has 0 saturated carbocycles. The molecule has 1 aromatic heterocycles. The van der Waals surface area contributed by atoms with Crippen LogP contribution in [0.5, 0.6) is 0 Å². The van der Waals surface area contributed by atoms with E-state index in [4.69, 9.17) is 16.3 Å². The fourth-order valence-electron chi connectivity index (χ4n) is 6.96. The van der Waals surface area contributed by atoms with Gasteiger partial charge in [-0.3, -0.25) is 19.3 Å². The van der Waals surface area contributed by atoms with Crippen molar-refractivity contribution in [1.29, 1.82) is 0 Å². The maximum atomic E-state index is 14.3. The predicted octanol–water partition coefficient (Wildman–Crippen LogP) is 6.36. The van der Waals surface area contributed by atoms with Crippen molar-refractivity contribution in [1.82, 2.24) is 4.90 Å². The number of cyclic esters (lactones) is 1. The number of halogens is 2. The molecular formula is C31H22ClIN2O5S. The number of benzene rings is 3. The fraction of sp³-hybridized carbons (Fsp3) is 0.194. The first-order chi connectivity index (χ1) is 19.8. The quantitative estimate of drug-likeness (QED) is 0.191. The minimum Gasteiger partial charge on any atom is -0.481 e. The number of aliphatic carboxylic acids is 1. The molecule has 4 aromatic rings. The van der Waals surface area contributed by atoms with Gasteiger partial charge in [0.2, 0.25) is 5.91 Å². The van der Waals surface area contributed by atoms with E-state index in [1.165, 1.54) is 11.3 Å². The molecule has 6 atom stereocenters. The summed E-state index contributed by atoms with van der Waals surface area (Å²) in [7, 11) is 0. The smallest absolute Gasteiger partial charge is 0.325 e. The Balaban J connectivity index is 1.56. The van der Waals surface area contributed by atoms with E-state index in [9.17, 15) is 19.5 Å². The highest BCUT2D eigenvalue weighted by molar-refractivity contribution is 14.1. The first-order valence-electron chi connectivity index (χ1n) is 13.0. The second-order valence-corrected chi connectivity index (χ2v) is 13.4. The van der Waals surface area contributed by atoms with E-state index in [2.05, 4.69) is 27.9 Å². The SMILES string of the molecule is O=C1O[C@H](c2ccccc2)[C@H](c2ccccc2)N2[C@H]1[C@@H](C(=O)O)[C@]1(C(=O)Nc3ccc(I)cc31)[C@H]2c1ccc(Cl)s1. The molecule has 2 N–H and O–H groups in total. The second-order valence-electron chi connectivity index (χ2n) is 10.4. The lowest BCUT2D eigenvalue weighted by atomic mass is 9.67. The number of ether oxygens (including phenoxy) is 1. The third kappa shape index (κ3) is 3.89. The van der Waals surface area contributed by atoms with Gasteiger partial charge in [-0.05, 0) is 69.6 Å². The van der Waals surface area contributed by atoms with Gasteiger partial charge in [-0.2, -0.15) is 0 Å². The number of esters is 1. The zero-order valence-corrected chi connectivity index (χ0v) is 25.0. The Labute approximate surface area is 258 Å². The van der Waals surface area contributed by atoms with Crippen LogP contribution in [0.4, 0.5) is 5.69 Å². The van der Waals surface area contributed by atoms with Gasteiger partial charge in [0.1, 0.15) is 23.5 Å². The van der Waals surface area contributed by atoms with E-state index in [0.717, 1.165) is 14.7 Å². The molecule has 4 heterocycles. The first kappa shape index (κ1) is 26.6. The summed E-state index contributed by atoms with van der Waals surface area (Å²) in [4.78, 5) is 44.4. The molecule has 10 heteroatoms. The van der Waals surface area contributed by atoms with Gasteiger partial charge in [-0.15, -0.1) is 11.3 Å². The fourth-order valence-corrected chi connectivity index (χ4v) is 8.69. The average Bonchev–Trinajstić information content (AvgIpc) is 3.62. The lowest BCUT2D eigenvalue weighted by molar-refractivity contribution is -0.179. The minimum atomic E-state index is -1.63. The van der Waals surface area contributed by atoms with Crippen LogP contribution >= 0.6 is 45.5 Å². The van der Waals surface area contributed by atoms with Crippen LogP contribution in [0.3, 0.4) is 0 Å². The molecule has 0 radical (unpaired) electrons. The van der Waals surface area contributed by atoms with Crippen molar-refractivity contribution < 1.29 is 24.2 Å². The molecule has 1 spiro atoms. The second kappa shape index (κ2) is 9.94. The number of nitrogens with zero attached hydrogens (tertiary/aromatic N) is 1. The first-order valence-corrected chi connectivity index (χ1v) is 15.3. The van der Waals surface area contributed by atoms with Gasteiger partial charge in [-0.1, -0.05) is 72.3 Å². The average molecular weight is 697 g/mol. The summed E-state index contributed by atoms with van der Waals surface area (Å²) >= 11 is 9.92. The van der Waals surface area contributed by atoms with Crippen molar-refractivity contribution in [3.05, 3.63) is 120 Å². The predicted molar refractivity (Wildman–Crippen MR) is 163 cm³/mol. The zero-order valence-electron chi connectivity index (χ0n) is 21.2. The van der Waals surface area contributed by atoms with E-state index in [-0.39, 0.29) is 0 Å². The summed E-state index contributed by atoms with van der Waals surface area (Å²) in [6, 6.07) is 25.5. The number of rotatable bonds is 4. The van der Waals surface area contributed by atoms with E-state index in [0.29, 0.717) is 20.5 Å². The van der Waals surface area contributed by atoms with Crippen molar-refractivity contribution in [2.75, 3.05) is 5.32 Å². The monoisotopic (exact) mass is 696 g/mol. The molecule has 41 heavy (non-hydrogen) atoms. The van der Waals surface area contributed by atoms with Crippen LogP contribution in [-0.4, -0.2) is 33.9 Å². The van der Waals surface area contributed by atoms with Gasteiger partial charge in [0.15, 0.2) is 0 Å². The topological polar surface area (TPSA) is 95.9 Å². The highest BCUT2D eigenvalue weighted by atomic mass is 127. The Morgan fingerprint density at radius 3 is 2.27 bits per heavy atom. The molecule has 2 fully saturated rings. The lowest BCUT2D eigenvalue weighted by Crippen LogP contribution is -2.52. The number of hydrogen-bond acceptors (Lipinski definition) is 6. The number of anilines is 1. The highest BCUT2D eigenvalue weighted by Crippen LogP contribution is 2.65. The van der Waals surface area contributed by atoms with Crippen LogP contribution in [0.1, 0.15) is 39.8 Å². The number of carboxylic acids is 1. The largest absolute Gasteiger partial charge is 0.481 e. The Kier molecular flexibility index (Phi) is 6.46. The number of fused-ring (bicyclic) bond motifs is 3. The molecule has 206 valence electrons. The Bertz CT molecular complexity index is 1700. The molecule has 7 nitrogen and oxygen atoms in total. The van der Waals surface area contributed by atoms with Crippen LogP contribution in [0.15, 0.2) is 91.0 Å². The third-order valence-electron chi connectivity index (χ3n) is 8.40. The third-order valence-corrected chi connectivity index (χ3v) is 10.4. The molecule has 3 aliphatic rings. The van der Waals surface area contributed by atoms with Gasteiger partial charge in [0, 0.05) is 14.1 Å². The van der Waals surface area contributed by atoms with E-state index < -0.39 is 53.4 Å². The molecular weight excluding hydrogens is 675 g/mol. The number of carbonyl (C=O) groups excluding carboxylic acids is 2. The Hall–Kier alpha value is -3.25. The van der Waals surface area contributed by atoms with E-state index in [1.807, 2.05) is 83.8 Å². The summed E-state index contributed by atoms with van der Waals surface area (Å²) in [5, 5.41) is 13.8. The summed E-state index contributed by atoms with van der Waals surface area (Å²) in [5.74, 6) is -3.80. The van der Waals surface area contributed by atoms with E-state index >= 15 is 0 Å². The normalized spacial score (nSPS) is 28.7. The molecule has 0 unspecified atom stereocenters. The van der Waals surface area contributed by atoms with Gasteiger partial charge >= 0.3 is 11.9 Å². The van der Waals surface area contributed by atoms with E-state index in [1.54, 1.807) is 12.1 Å². The van der Waals surface area contributed by atoms with Crippen LogP contribution in [0.25, 0.3) is 0 Å². The minimum absolute atomic E-state index is 0.457. The maximum Gasteiger partial charge on any atom is 0.325 e. The van der Waals surface area contributed by atoms with Gasteiger partial charge < -0.3 is 15.2 Å². The summed E-state index contributed by atoms with van der Waals surface area (Å²) in [6.45, 7) is 0. The maximum absolute atomic E-state index is 14.3. The Morgan fingerprint density at radius 2 is 1.63 bits per heavy atom. The molecule has 7 rings (SSSR count). The number of nitrogens with one attached hydrogen (secondary N) is 1. The lowest BCUT2D eigenvalue weighted by Gasteiger charge is -2.45. The summed E-state index contributed by atoms with van der Waals surface area (Å²) < 4.78 is 7.52. The van der Waals surface area contributed by atoms with Crippen molar-refractivity contribution in [3.63, 3.8) is 0 Å². The van der Waals surface area contributed by atoms with Gasteiger partial charge in [0.25, 0.3) is 0 Å². The van der Waals surface area contributed by atoms with Crippen molar-refractivity contribution in [3.8, 4) is 0 Å². The molecule has 2 saturated heterocycles. The molecule has 1 amide bonds. The van der Waals surface area contributed by atoms with Crippen molar-refractivity contribution >= 4 is 69.1 Å². The number of thiophene rings is 1. The van der Waals surface area contributed by atoms with Crippen LogP contribution < -0.4 is 5.32 Å². The Morgan fingerprint density at radius 1 is 0.951 bits per heavy atom. The summed E-state index contributed by atoms with van der Waals surface area (Å²) in [5.41, 5.74) is 1.09. The van der Waals surface area contributed by atoms with Gasteiger partial charge in [-0.25, -0.2) is 0 Å². The van der Waals surface area contributed by atoms with Crippen molar-refractivity contribution in [2.45, 2.75) is 29.6 Å². The van der Waals surface area contributed by atoms with Gasteiger partial charge in [0.05, 0.1) is 16.4 Å². The highest BCUT2D eigenvalue weighted by Gasteiger charge is 2.74. The number of amides is 1. The molecule has 3 aliphatic heterocycles. The molecule has 3 aromatic carbocycles. The van der Waals surface area contributed by atoms with Crippen LogP contribution in [0.2, 0.25) is 4.34 Å². The number of hydrogen-bond donors (Lipinski definition) is 2. The van der Waals surface area contributed by atoms with Crippen LogP contribution in [-0.2, 0) is 24.5 Å². The molecule has 0 bridgehead atoms. The van der Waals surface area contributed by atoms with Crippen molar-refractivity contribution in [2.24, 2.45) is 5.92 Å². The number of carboxylic acid groups (broad SMARTS) is 1. The standard InChI is InChI=1S/C31H22ClIN2O5S/c32-22-14-13-21(41-22)27-31(19-15-18(33)11-12-20(19)34-30(31)39)23(28(36)37)25-29(38)40-26(17-9-5-2-6-10-17)24(35(25)27)16-7-3-1-4-8-16/h1-15,23-27H,(H,34,39)(H,36,37)/t23-,24-,25-,26+,27+,31-/m0/s1. The number of carbonyl (C=O) groups is 3. The molecule has 0 aliphatic carbocycles. The van der Waals surface area contributed by atoms with Crippen LogP contribution in [0, 0.1) is 9.49 Å².